The Morgan fingerprint density at radius 1 is 0.732 bits per heavy atom. The van der Waals surface area contributed by atoms with Crippen molar-refractivity contribution in [3.8, 4) is 0 Å². The van der Waals surface area contributed by atoms with Crippen LogP contribution in [0.2, 0.25) is 0 Å². The molecule has 0 saturated carbocycles. The van der Waals surface area contributed by atoms with Crippen molar-refractivity contribution < 1.29 is 40.4 Å². The molecule has 292 valence electrons. The maximum absolute atomic E-state index is 14.2. The second-order valence-electron chi connectivity index (χ2n) is 13.1. The minimum atomic E-state index is -4.99. The van der Waals surface area contributed by atoms with E-state index in [0.717, 1.165) is 40.1 Å². The number of likely N-dealkylation sites (N-methyl/N-ethyl adjacent to an activating group) is 2. The van der Waals surface area contributed by atoms with Crippen molar-refractivity contribution >= 4 is 61.4 Å². The maximum atomic E-state index is 14.2. The second-order valence-corrected chi connectivity index (χ2v) is 14.6. The lowest BCUT2D eigenvalue weighted by Crippen LogP contribution is -2.57. The molecule has 3 aromatic carbocycles. The summed E-state index contributed by atoms with van der Waals surface area (Å²) < 4.78 is 90.7. The molecule has 2 atom stereocenters. The Hall–Kier alpha value is -6.34. The number of halogens is 4. The van der Waals surface area contributed by atoms with Gasteiger partial charge in [-0.3, -0.25) is 14.3 Å². The summed E-state index contributed by atoms with van der Waals surface area (Å²) in [7, 11) is 1.25. The van der Waals surface area contributed by atoms with Gasteiger partial charge in [0.2, 0.25) is 11.8 Å². The molecule has 0 saturated heterocycles. The van der Waals surface area contributed by atoms with E-state index >= 15 is 0 Å². The van der Waals surface area contributed by atoms with Gasteiger partial charge in [0.05, 0.1) is 18.1 Å². The number of nitrogens with one attached hydrogen (secondary N) is 3. The molecule has 56 heavy (non-hydrogen) atoms. The SMILES string of the molecule is CN(C(=O)[C@H](Cc1cc(F)cc(F)c1)NC(=O)NS(=O)(=O)N[C@@H](Cc1cc(F)cc(F)c1)C(=O)N(C)c1cnc2c(cnn2C)c1)c1ccc2c(ccn2C)c1. The first kappa shape index (κ1) is 39.4. The average molecular weight is 794 g/mol. The van der Waals surface area contributed by atoms with Crippen LogP contribution in [-0.4, -0.2) is 71.8 Å². The summed E-state index contributed by atoms with van der Waals surface area (Å²) in [5.41, 5.74) is 1.88. The number of amides is 4. The van der Waals surface area contributed by atoms with Gasteiger partial charge >= 0.3 is 16.2 Å². The molecule has 0 radical (unpaired) electrons. The molecule has 0 aliphatic rings. The number of urea groups is 1. The number of hydrogen-bond donors (Lipinski definition) is 3. The molecule has 0 unspecified atom stereocenters. The molecule has 0 spiro atoms. The Bertz CT molecular complexity index is 2560. The largest absolute Gasteiger partial charge is 0.351 e. The monoisotopic (exact) mass is 793 g/mol. The predicted octanol–water partition coefficient (Wildman–Crippen LogP) is 4.00. The van der Waals surface area contributed by atoms with Gasteiger partial charge in [-0.25, -0.2) is 32.1 Å². The molecule has 0 fully saturated rings. The van der Waals surface area contributed by atoms with Crippen molar-refractivity contribution in [2.45, 2.75) is 24.9 Å². The highest BCUT2D eigenvalue weighted by molar-refractivity contribution is 7.88. The molecule has 3 aromatic heterocycles. The summed E-state index contributed by atoms with van der Waals surface area (Å²) in [5, 5.41) is 7.73. The van der Waals surface area contributed by atoms with Crippen LogP contribution in [-0.2, 0) is 46.7 Å². The van der Waals surface area contributed by atoms with E-state index in [1.807, 2.05) is 23.9 Å². The van der Waals surface area contributed by atoms with Gasteiger partial charge in [0.15, 0.2) is 5.65 Å². The van der Waals surface area contributed by atoms with Crippen LogP contribution in [0, 0.1) is 23.3 Å². The first-order valence-corrected chi connectivity index (χ1v) is 18.3. The van der Waals surface area contributed by atoms with Gasteiger partial charge in [0.1, 0.15) is 35.4 Å². The fourth-order valence-corrected chi connectivity index (χ4v) is 7.17. The Morgan fingerprint density at radius 2 is 1.29 bits per heavy atom. The lowest BCUT2D eigenvalue weighted by atomic mass is 10.0. The summed E-state index contributed by atoms with van der Waals surface area (Å²) in [6, 6.07) is 8.74. The van der Waals surface area contributed by atoms with Gasteiger partial charge < -0.3 is 19.7 Å². The highest BCUT2D eigenvalue weighted by Crippen LogP contribution is 2.24. The fraction of sp³-hybridized carbons (Fsp3) is 0.216. The second kappa shape index (κ2) is 15.8. The van der Waals surface area contributed by atoms with Crippen LogP contribution in [0.4, 0.5) is 33.7 Å². The van der Waals surface area contributed by atoms with Crippen molar-refractivity contribution in [2.75, 3.05) is 23.9 Å². The Morgan fingerprint density at radius 3 is 1.91 bits per heavy atom. The highest BCUT2D eigenvalue weighted by Gasteiger charge is 2.32. The van der Waals surface area contributed by atoms with Crippen LogP contribution in [0.1, 0.15) is 11.1 Å². The van der Waals surface area contributed by atoms with E-state index in [2.05, 4.69) is 20.1 Å². The van der Waals surface area contributed by atoms with Gasteiger partial charge in [-0.15, -0.1) is 0 Å². The topological polar surface area (TPSA) is 164 Å². The molecule has 0 aliphatic heterocycles. The van der Waals surface area contributed by atoms with E-state index in [1.54, 1.807) is 36.0 Å². The predicted molar refractivity (Wildman–Crippen MR) is 200 cm³/mol. The zero-order chi connectivity index (χ0) is 40.5. The van der Waals surface area contributed by atoms with E-state index in [9.17, 15) is 40.4 Å². The number of pyridine rings is 1. The zero-order valence-corrected chi connectivity index (χ0v) is 31.1. The van der Waals surface area contributed by atoms with Crippen LogP contribution in [0.15, 0.2) is 85.3 Å². The lowest BCUT2D eigenvalue weighted by molar-refractivity contribution is -0.120. The van der Waals surface area contributed by atoms with Crippen LogP contribution in [0.5, 0.6) is 0 Å². The number of carbonyl (C=O) groups excluding carboxylic acids is 3. The third kappa shape index (κ3) is 8.95. The molecule has 0 aliphatic carbocycles. The third-order valence-electron chi connectivity index (χ3n) is 9.01. The molecule has 3 N–H and O–H groups in total. The quantitative estimate of drug-likeness (QED) is 0.158. The maximum Gasteiger partial charge on any atom is 0.330 e. The number of nitrogens with zero attached hydrogens (tertiary/aromatic N) is 6. The lowest BCUT2D eigenvalue weighted by Gasteiger charge is -2.26. The van der Waals surface area contributed by atoms with Gasteiger partial charge in [-0.05, 0) is 72.1 Å². The molecule has 6 aromatic rings. The molecule has 6 rings (SSSR count). The van der Waals surface area contributed by atoms with E-state index in [1.165, 1.54) is 36.1 Å². The van der Waals surface area contributed by atoms with Gasteiger partial charge in [0, 0.05) is 74.9 Å². The van der Waals surface area contributed by atoms with Gasteiger partial charge in [0.25, 0.3) is 0 Å². The van der Waals surface area contributed by atoms with Crippen LogP contribution in [0.3, 0.4) is 0 Å². The summed E-state index contributed by atoms with van der Waals surface area (Å²) in [6.07, 6.45) is 3.65. The normalized spacial score (nSPS) is 12.7. The Kier molecular flexibility index (Phi) is 11.1. The van der Waals surface area contributed by atoms with E-state index in [0.29, 0.717) is 28.9 Å². The average Bonchev–Trinajstić information content (AvgIpc) is 3.69. The van der Waals surface area contributed by atoms with Gasteiger partial charge in [-0.1, -0.05) is 0 Å². The molecule has 14 nitrogen and oxygen atoms in total. The summed E-state index contributed by atoms with van der Waals surface area (Å²) in [6.45, 7) is 0. The first-order chi connectivity index (χ1) is 26.5. The summed E-state index contributed by atoms with van der Waals surface area (Å²) in [5.74, 6) is -5.51. The molecule has 3 heterocycles. The van der Waals surface area contributed by atoms with E-state index < -0.39 is 76.2 Å². The molecular formula is C37H35F4N9O5S. The van der Waals surface area contributed by atoms with Crippen LogP contribution in [0.25, 0.3) is 21.9 Å². The zero-order valence-electron chi connectivity index (χ0n) is 30.3. The number of aryl methyl sites for hydroxylation is 2. The Balaban J connectivity index is 1.24. The molecular weight excluding hydrogens is 759 g/mol. The van der Waals surface area contributed by atoms with Gasteiger partial charge in [-0.2, -0.15) is 18.2 Å². The minimum Gasteiger partial charge on any atom is -0.351 e. The molecule has 0 bridgehead atoms. The van der Waals surface area contributed by atoms with Crippen molar-refractivity contribution in [1.82, 2.24) is 34.1 Å². The highest BCUT2D eigenvalue weighted by atomic mass is 32.2. The number of aromatic nitrogens is 4. The molecule has 4 amide bonds. The smallest absolute Gasteiger partial charge is 0.330 e. The number of benzene rings is 3. The number of rotatable bonds is 12. The summed E-state index contributed by atoms with van der Waals surface area (Å²) >= 11 is 0. The standard InChI is InChI=1S/C37H35F4N9O5S/c1-47-8-7-23-15-29(5-6-33(23)47)48(2)35(51)31(13-21-9-25(38)17-26(39)10-21)44-37(53)46-56(54,55)45-32(14-22-11-27(40)18-28(41)12-22)36(52)49(3)30-16-24-19-43-50(4)34(24)42-20-30/h5-12,15-20,31-32,45H,13-14H2,1-4H3,(H2,44,46,53)/t31-,32-/m0/s1. The first-order valence-electron chi connectivity index (χ1n) is 16.8. The van der Waals surface area contributed by atoms with Crippen molar-refractivity contribution in [3.05, 3.63) is 120 Å². The fourth-order valence-electron chi connectivity index (χ4n) is 6.25. The van der Waals surface area contributed by atoms with Crippen molar-refractivity contribution in [1.29, 1.82) is 0 Å². The number of hydrogen-bond acceptors (Lipinski definition) is 7. The number of anilines is 2. The third-order valence-corrected chi connectivity index (χ3v) is 10.1. The van der Waals surface area contributed by atoms with E-state index in [4.69, 9.17) is 0 Å². The Labute approximate surface area is 317 Å². The van der Waals surface area contributed by atoms with E-state index in [-0.39, 0.29) is 16.8 Å². The van der Waals surface area contributed by atoms with Crippen molar-refractivity contribution in [3.63, 3.8) is 0 Å². The van der Waals surface area contributed by atoms with Crippen LogP contribution < -0.4 is 24.6 Å². The minimum absolute atomic E-state index is 0.0240. The summed E-state index contributed by atoms with van der Waals surface area (Å²) in [4.78, 5) is 47.6. The number of carbonyl (C=O) groups is 3. The van der Waals surface area contributed by atoms with Crippen LogP contribution >= 0.6 is 0 Å². The number of fused-ring (bicyclic) bond motifs is 2. The van der Waals surface area contributed by atoms with Crippen molar-refractivity contribution in [2.24, 2.45) is 14.1 Å². The molecule has 19 heteroatoms.